The van der Waals surface area contributed by atoms with E-state index in [1.54, 1.807) is 0 Å². The van der Waals surface area contributed by atoms with Crippen LogP contribution in [0.15, 0.2) is 16.6 Å². The van der Waals surface area contributed by atoms with Gasteiger partial charge in [0.15, 0.2) is 15.1 Å². The van der Waals surface area contributed by atoms with Gasteiger partial charge in [0, 0.05) is 5.56 Å². The van der Waals surface area contributed by atoms with Crippen LogP contribution in [-0.4, -0.2) is 24.7 Å². The van der Waals surface area contributed by atoms with Gasteiger partial charge in [-0.25, -0.2) is 17.2 Å². The van der Waals surface area contributed by atoms with Crippen LogP contribution in [0.25, 0.3) is 0 Å². The van der Waals surface area contributed by atoms with Gasteiger partial charge in [0.2, 0.25) is 0 Å². The lowest BCUT2D eigenvalue weighted by Gasteiger charge is -2.12. The molecule has 1 unspecified atom stereocenters. The van der Waals surface area contributed by atoms with Crippen molar-refractivity contribution in [2.24, 2.45) is 0 Å². The largest absolute Gasteiger partial charge is 0.480 e. The second kappa shape index (κ2) is 5.96. The quantitative estimate of drug-likeness (QED) is 0.822. The molecular formula is C11H11BrF2O4S. The highest BCUT2D eigenvalue weighted by molar-refractivity contribution is 9.10. The van der Waals surface area contributed by atoms with Crippen LogP contribution in [0.4, 0.5) is 8.78 Å². The standard InChI is InChI=1S/C11H11BrF2O4S/c1-2-9(11(15)16)19(17,18)5-6-8(13)4-3-7(12)10(6)14/h3-4,9H,2,5H2,1H3,(H,15,16). The van der Waals surface area contributed by atoms with Gasteiger partial charge in [-0.05, 0) is 34.5 Å². The highest BCUT2D eigenvalue weighted by Gasteiger charge is 2.32. The van der Waals surface area contributed by atoms with Crippen molar-refractivity contribution in [3.05, 3.63) is 33.8 Å². The molecule has 1 atom stereocenters. The van der Waals surface area contributed by atoms with E-state index in [0.29, 0.717) is 0 Å². The molecule has 0 spiro atoms. The summed E-state index contributed by atoms with van der Waals surface area (Å²) in [6.45, 7) is 1.38. The Balaban J connectivity index is 3.23. The molecule has 0 fully saturated rings. The maximum Gasteiger partial charge on any atom is 0.321 e. The van der Waals surface area contributed by atoms with Crippen molar-refractivity contribution in [1.82, 2.24) is 0 Å². The number of rotatable bonds is 5. The summed E-state index contributed by atoms with van der Waals surface area (Å²) < 4.78 is 50.8. The molecule has 0 amide bonds. The molecule has 0 aliphatic rings. The minimum Gasteiger partial charge on any atom is -0.480 e. The number of sulfone groups is 1. The van der Waals surface area contributed by atoms with Crippen molar-refractivity contribution in [3.63, 3.8) is 0 Å². The minimum absolute atomic E-state index is 0.0810. The second-order valence-corrected chi connectivity index (χ2v) is 6.90. The molecule has 8 heteroatoms. The molecule has 0 heterocycles. The van der Waals surface area contributed by atoms with Crippen molar-refractivity contribution in [2.75, 3.05) is 0 Å². The summed E-state index contributed by atoms with van der Waals surface area (Å²) in [5.41, 5.74) is -0.658. The highest BCUT2D eigenvalue weighted by atomic mass is 79.9. The first-order valence-electron chi connectivity index (χ1n) is 5.27. The van der Waals surface area contributed by atoms with Crippen LogP contribution >= 0.6 is 15.9 Å². The lowest BCUT2D eigenvalue weighted by atomic mass is 10.2. The van der Waals surface area contributed by atoms with Crippen LogP contribution in [0.3, 0.4) is 0 Å². The van der Waals surface area contributed by atoms with Gasteiger partial charge in [-0.1, -0.05) is 6.92 Å². The third-order valence-corrected chi connectivity index (χ3v) is 5.27. The van der Waals surface area contributed by atoms with Crippen molar-refractivity contribution in [3.8, 4) is 0 Å². The average Bonchev–Trinajstić information content (AvgIpc) is 2.29. The lowest BCUT2D eigenvalue weighted by Crippen LogP contribution is -2.31. The van der Waals surface area contributed by atoms with Crippen molar-refractivity contribution in [2.45, 2.75) is 24.3 Å². The number of carbonyl (C=O) groups is 1. The number of hydrogen-bond donors (Lipinski definition) is 1. The van der Waals surface area contributed by atoms with Crippen LogP contribution in [0.2, 0.25) is 0 Å². The molecule has 1 N–H and O–H groups in total. The topological polar surface area (TPSA) is 71.4 Å². The summed E-state index contributed by atoms with van der Waals surface area (Å²) in [4.78, 5) is 10.8. The summed E-state index contributed by atoms with van der Waals surface area (Å²) in [6.07, 6.45) is -0.172. The van der Waals surface area contributed by atoms with Crippen molar-refractivity contribution >= 4 is 31.7 Å². The first-order valence-corrected chi connectivity index (χ1v) is 7.78. The Bertz CT molecular complexity index is 601. The molecular weight excluding hydrogens is 346 g/mol. The molecule has 4 nitrogen and oxygen atoms in total. The fourth-order valence-electron chi connectivity index (χ4n) is 1.59. The van der Waals surface area contributed by atoms with Crippen LogP contribution in [-0.2, 0) is 20.4 Å². The van der Waals surface area contributed by atoms with E-state index in [0.717, 1.165) is 12.1 Å². The number of aliphatic carboxylic acids is 1. The monoisotopic (exact) mass is 356 g/mol. The number of halogens is 3. The predicted molar refractivity (Wildman–Crippen MR) is 68.4 cm³/mol. The zero-order valence-corrected chi connectivity index (χ0v) is 12.3. The van der Waals surface area contributed by atoms with Crippen LogP contribution in [0.5, 0.6) is 0 Å². The average molecular weight is 357 g/mol. The molecule has 0 saturated heterocycles. The first-order chi connectivity index (χ1) is 8.70. The van der Waals surface area contributed by atoms with Gasteiger partial charge in [0.25, 0.3) is 0 Å². The molecule has 1 aromatic rings. The SMILES string of the molecule is CCC(C(=O)O)S(=O)(=O)Cc1c(F)ccc(Br)c1F. The Morgan fingerprint density at radius 1 is 1.42 bits per heavy atom. The molecule has 19 heavy (non-hydrogen) atoms. The Kier molecular flexibility index (Phi) is 5.03. The predicted octanol–water partition coefficient (Wildman–Crippen LogP) is 2.51. The van der Waals surface area contributed by atoms with E-state index < -0.39 is 44.0 Å². The molecule has 0 saturated carbocycles. The van der Waals surface area contributed by atoms with Gasteiger partial charge >= 0.3 is 5.97 Å². The van der Waals surface area contributed by atoms with E-state index in [-0.39, 0.29) is 10.9 Å². The minimum atomic E-state index is -4.19. The summed E-state index contributed by atoms with van der Waals surface area (Å²) in [5, 5.41) is 7.13. The number of hydrogen-bond acceptors (Lipinski definition) is 3. The first kappa shape index (κ1) is 16.0. The van der Waals surface area contributed by atoms with E-state index in [2.05, 4.69) is 15.9 Å². The van der Waals surface area contributed by atoms with Gasteiger partial charge in [-0.2, -0.15) is 0 Å². The summed E-state index contributed by atoms with van der Waals surface area (Å²) >= 11 is 2.82. The van der Waals surface area contributed by atoms with Gasteiger partial charge < -0.3 is 5.11 Å². The van der Waals surface area contributed by atoms with Gasteiger partial charge in [0.1, 0.15) is 11.6 Å². The molecule has 1 aromatic carbocycles. The Morgan fingerprint density at radius 2 is 2.00 bits per heavy atom. The van der Waals surface area contributed by atoms with Crippen molar-refractivity contribution in [1.29, 1.82) is 0 Å². The van der Waals surface area contributed by atoms with E-state index in [4.69, 9.17) is 5.11 Å². The smallest absolute Gasteiger partial charge is 0.321 e. The Morgan fingerprint density at radius 3 is 2.47 bits per heavy atom. The fourth-order valence-corrected chi connectivity index (χ4v) is 3.64. The second-order valence-electron chi connectivity index (χ2n) is 3.86. The summed E-state index contributed by atoms with van der Waals surface area (Å²) in [7, 11) is -4.19. The maximum atomic E-state index is 13.7. The van der Waals surface area contributed by atoms with Gasteiger partial charge in [-0.3, -0.25) is 4.79 Å². The number of carboxylic acids is 1. The van der Waals surface area contributed by atoms with E-state index >= 15 is 0 Å². The van der Waals surface area contributed by atoms with Gasteiger partial charge in [0.05, 0.1) is 10.2 Å². The zero-order valence-electron chi connectivity index (χ0n) is 9.86. The molecule has 1 rings (SSSR count). The number of benzene rings is 1. The Hall–Kier alpha value is -1.02. The van der Waals surface area contributed by atoms with E-state index in [9.17, 15) is 22.0 Å². The summed E-state index contributed by atoms with van der Waals surface area (Å²) in [6, 6.07) is 2.02. The highest BCUT2D eigenvalue weighted by Crippen LogP contribution is 2.25. The van der Waals surface area contributed by atoms with Crippen molar-refractivity contribution < 1.29 is 27.1 Å². The van der Waals surface area contributed by atoms with Gasteiger partial charge in [-0.15, -0.1) is 0 Å². The molecule has 0 aromatic heterocycles. The third-order valence-electron chi connectivity index (χ3n) is 2.56. The fraction of sp³-hybridized carbons (Fsp3) is 0.364. The molecule has 106 valence electrons. The molecule has 0 bridgehead atoms. The van der Waals surface area contributed by atoms with Crippen LogP contribution in [0.1, 0.15) is 18.9 Å². The lowest BCUT2D eigenvalue weighted by molar-refractivity contribution is -0.136. The molecule has 0 aliphatic carbocycles. The normalized spacial score (nSPS) is 13.3. The summed E-state index contributed by atoms with van der Waals surface area (Å²) in [5.74, 6) is -4.58. The third kappa shape index (κ3) is 3.50. The molecule has 0 aliphatic heterocycles. The van der Waals surface area contributed by atoms with E-state index in [1.807, 2.05) is 0 Å². The number of carboxylic acid groups (broad SMARTS) is 1. The van der Waals surface area contributed by atoms with Crippen LogP contribution < -0.4 is 0 Å². The molecule has 0 radical (unpaired) electrons. The zero-order chi connectivity index (χ0) is 14.8. The maximum absolute atomic E-state index is 13.7. The van der Waals surface area contributed by atoms with E-state index in [1.165, 1.54) is 6.92 Å². The van der Waals surface area contributed by atoms with Crippen LogP contribution in [0, 0.1) is 11.6 Å². The Labute approximate surface area is 117 Å².